The highest BCUT2D eigenvalue weighted by Crippen LogP contribution is 2.24. The van der Waals surface area contributed by atoms with Crippen molar-refractivity contribution in [1.29, 1.82) is 5.26 Å². The molecule has 0 saturated heterocycles. The summed E-state index contributed by atoms with van der Waals surface area (Å²) in [6.45, 7) is 8.10. The summed E-state index contributed by atoms with van der Waals surface area (Å²) in [7, 11) is 0. The lowest BCUT2D eigenvalue weighted by atomic mass is 9.87. The Bertz CT molecular complexity index is 858. The molecule has 28 heavy (non-hydrogen) atoms. The van der Waals surface area contributed by atoms with Gasteiger partial charge in [0.15, 0.2) is 13.2 Å². The summed E-state index contributed by atoms with van der Waals surface area (Å²) in [5, 5.41) is 12.6. The van der Waals surface area contributed by atoms with Gasteiger partial charge in [0.2, 0.25) is 0 Å². The van der Waals surface area contributed by atoms with Crippen molar-refractivity contribution >= 4 is 11.6 Å². The SMILES string of the molecule is C/C(=N/NC(=O)COc1ccc(C(C)(C)C)cc1)c1ccc(OCC#N)cc1. The molecule has 0 atom stereocenters. The van der Waals surface area contributed by atoms with E-state index in [9.17, 15) is 4.79 Å². The summed E-state index contributed by atoms with van der Waals surface area (Å²) in [6, 6.07) is 16.7. The summed E-state index contributed by atoms with van der Waals surface area (Å²) in [6.07, 6.45) is 0. The van der Waals surface area contributed by atoms with Gasteiger partial charge in [-0.15, -0.1) is 0 Å². The maximum absolute atomic E-state index is 12.0. The number of carbonyl (C=O) groups is 1. The van der Waals surface area contributed by atoms with E-state index in [0.717, 1.165) is 5.56 Å². The lowest BCUT2D eigenvalue weighted by Crippen LogP contribution is -2.25. The molecule has 0 unspecified atom stereocenters. The third-order valence-electron chi connectivity index (χ3n) is 4.01. The van der Waals surface area contributed by atoms with Crippen LogP contribution in [-0.4, -0.2) is 24.8 Å². The summed E-state index contributed by atoms with van der Waals surface area (Å²) in [5.41, 5.74) is 5.24. The molecule has 6 nitrogen and oxygen atoms in total. The van der Waals surface area contributed by atoms with Crippen LogP contribution in [0, 0.1) is 11.3 Å². The molecular formula is C22H25N3O3. The lowest BCUT2D eigenvalue weighted by molar-refractivity contribution is -0.123. The Kier molecular flexibility index (Phi) is 7.16. The molecule has 2 aromatic rings. The maximum Gasteiger partial charge on any atom is 0.277 e. The number of amides is 1. The van der Waals surface area contributed by atoms with Gasteiger partial charge in [-0.25, -0.2) is 5.43 Å². The van der Waals surface area contributed by atoms with Crippen LogP contribution in [0.2, 0.25) is 0 Å². The van der Waals surface area contributed by atoms with Gasteiger partial charge in [0.05, 0.1) is 5.71 Å². The van der Waals surface area contributed by atoms with Gasteiger partial charge < -0.3 is 9.47 Å². The molecule has 1 amide bonds. The molecule has 0 heterocycles. The van der Waals surface area contributed by atoms with Crippen LogP contribution >= 0.6 is 0 Å². The first kappa shape index (κ1) is 21.0. The van der Waals surface area contributed by atoms with Crippen LogP contribution in [-0.2, 0) is 10.2 Å². The van der Waals surface area contributed by atoms with E-state index in [2.05, 4.69) is 31.3 Å². The molecule has 0 aliphatic heterocycles. The highest BCUT2D eigenvalue weighted by molar-refractivity contribution is 5.99. The van der Waals surface area contributed by atoms with Crippen LogP contribution in [0.3, 0.4) is 0 Å². The molecule has 0 radical (unpaired) electrons. The average molecular weight is 379 g/mol. The molecule has 0 spiro atoms. The van der Waals surface area contributed by atoms with Crippen LogP contribution in [0.1, 0.15) is 38.8 Å². The molecule has 146 valence electrons. The van der Waals surface area contributed by atoms with E-state index in [1.165, 1.54) is 5.56 Å². The number of hydrazone groups is 1. The monoisotopic (exact) mass is 379 g/mol. The second-order valence-corrected chi connectivity index (χ2v) is 7.27. The second-order valence-electron chi connectivity index (χ2n) is 7.27. The number of hydrogen-bond donors (Lipinski definition) is 1. The summed E-state index contributed by atoms with van der Waals surface area (Å²) < 4.78 is 10.7. The number of rotatable bonds is 7. The number of nitriles is 1. The summed E-state index contributed by atoms with van der Waals surface area (Å²) >= 11 is 0. The average Bonchev–Trinajstić information content (AvgIpc) is 2.69. The van der Waals surface area contributed by atoms with Crippen LogP contribution in [0.15, 0.2) is 53.6 Å². The van der Waals surface area contributed by atoms with Crippen molar-refractivity contribution in [2.24, 2.45) is 5.10 Å². The molecule has 2 aromatic carbocycles. The first-order valence-electron chi connectivity index (χ1n) is 8.96. The summed E-state index contributed by atoms with van der Waals surface area (Å²) in [5.74, 6) is 0.901. The first-order chi connectivity index (χ1) is 13.3. The van der Waals surface area contributed by atoms with Gasteiger partial charge in [0.1, 0.15) is 17.6 Å². The van der Waals surface area contributed by atoms with Crippen molar-refractivity contribution in [2.75, 3.05) is 13.2 Å². The number of benzene rings is 2. The lowest BCUT2D eigenvalue weighted by Gasteiger charge is -2.19. The Morgan fingerprint density at radius 2 is 1.61 bits per heavy atom. The van der Waals surface area contributed by atoms with E-state index >= 15 is 0 Å². The van der Waals surface area contributed by atoms with E-state index in [0.29, 0.717) is 17.2 Å². The Morgan fingerprint density at radius 3 is 2.18 bits per heavy atom. The van der Waals surface area contributed by atoms with Crippen LogP contribution in [0.25, 0.3) is 0 Å². The smallest absolute Gasteiger partial charge is 0.277 e. The minimum absolute atomic E-state index is 0.00140. The Labute approximate surface area is 165 Å². The second kappa shape index (κ2) is 9.56. The molecular weight excluding hydrogens is 354 g/mol. The Hall–Kier alpha value is -3.33. The van der Waals surface area contributed by atoms with Crippen molar-refractivity contribution < 1.29 is 14.3 Å². The van der Waals surface area contributed by atoms with Gasteiger partial charge in [0, 0.05) is 0 Å². The van der Waals surface area contributed by atoms with Gasteiger partial charge in [0.25, 0.3) is 5.91 Å². The quantitative estimate of drug-likeness (QED) is 0.586. The predicted octanol–water partition coefficient (Wildman–Crippen LogP) is 3.81. The number of hydrogen-bond acceptors (Lipinski definition) is 5. The van der Waals surface area contributed by atoms with Crippen molar-refractivity contribution in [3.8, 4) is 17.6 Å². The number of nitrogens with zero attached hydrogens (tertiary/aromatic N) is 2. The van der Waals surface area contributed by atoms with Gasteiger partial charge in [-0.3, -0.25) is 4.79 Å². The van der Waals surface area contributed by atoms with E-state index in [1.54, 1.807) is 19.1 Å². The molecule has 2 rings (SSSR count). The largest absolute Gasteiger partial charge is 0.484 e. The van der Waals surface area contributed by atoms with E-state index in [4.69, 9.17) is 14.7 Å². The fourth-order valence-corrected chi connectivity index (χ4v) is 2.35. The van der Waals surface area contributed by atoms with E-state index in [-0.39, 0.29) is 24.5 Å². The topological polar surface area (TPSA) is 83.7 Å². The third-order valence-corrected chi connectivity index (χ3v) is 4.01. The normalized spacial score (nSPS) is 11.5. The van der Waals surface area contributed by atoms with Crippen LogP contribution in [0.4, 0.5) is 0 Å². The maximum atomic E-state index is 12.0. The van der Waals surface area contributed by atoms with Crippen LogP contribution in [0.5, 0.6) is 11.5 Å². The Morgan fingerprint density at radius 1 is 1.04 bits per heavy atom. The minimum Gasteiger partial charge on any atom is -0.484 e. The van der Waals surface area contributed by atoms with Crippen molar-refractivity contribution in [3.63, 3.8) is 0 Å². The molecule has 0 saturated carbocycles. The first-order valence-corrected chi connectivity index (χ1v) is 8.96. The van der Waals surface area contributed by atoms with Crippen molar-refractivity contribution in [1.82, 2.24) is 5.43 Å². The third kappa shape index (κ3) is 6.44. The van der Waals surface area contributed by atoms with Gasteiger partial charge >= 0.3 is 0 Å². The van der Waals surface area contributed by atoms with Crippen LogP contribution < -0.4 is 14.9 Å². The minimum atomic E-state index is -0.340. The molecule has 0 aliphatic carbocycles. The number of carbonyl (C=O) groups excluding carboxylic acids is 1. The fraction of sp³-hybridized carbons (Fsp3) is 0.318. The van der Waals surface area contributed by atoms with E-state index < -0.39 is 0 Å². The van der Waals surface area contributed by atoms with Gasteiger partial charge in [-0.2, -0.15) is 10.4 Å². The van der Waals surface area contributed by atoms with Gasteiger partial charge in [-0.1, -0.05) is 32.9 Å². The standard InChI is InChI=1S/C22H25N3O3/c1-16(17-5-9-19(10-6-17)27-14-13-23)24-25-21(26)15-28-20-11-7-18(8-12-20)22(2,3)4/h5-12H,14-15H2,1-4H3,(H,25,26)/b24-16-. The molecule has 0 aromatic heterocycles. The van der Waals surface area contributed by atoms with Crippen molar-refractivity contribution in [3.05, 3.63) is 59.7 Å². The highest BCUT2D eigenvalue weighted by atomic mass is 16.5. The molecule has 0 bridgehead atoms. The zero-order chi connectivity index (χ0) is 20.6. The highest BCUT2D eigenvalue weighted by Gasteiger charge is 2.13. The molecule has 1 N–H and O–H groups in total. The fourth-order valence-electron chi connectivity index (χ4n) is 2.35. The molecule has 6 heteroatoms. The zero-order valence-electron chi connectivity index (χ0n) is 16.7. The molecule has 0 fully saturated rings. The molecule has 0 aliphatic rings. The zero-order valence-corrected chi connectivity index (χ0v) is 16.7. The predicted molar refractivity (Wildman–Crippen MR) is 109 cm³/mol. The number of ether oxygens (including phenoxy) is 2. The summed E-state index contributed by atoms with van der Waals surface area (Å²) in [4.78, 5) is 12.0. The Balaban J connectivity index is 1.84. The number of nitrogens with one attached hydrogen (secondary N) is 1. The van der Waals surface area contributed by atoms with E-state index in [1.807, 2.05) is 42.5 Å². The van der Waals surface area contributed by atoms with Gasteiger partial charge in [-0.05, 0) is 59.9 Å². The van der Waals surface area contributed by atoms with Crippen molar-refractivity contribution in [2.45, 2.75) is 33.1 Å².